The van der Waals surface area contributed by atoms with Crippen LogP contribution >= 0.6 is 11.3 Å². The lowest BCUT2D eigenvalue weighted by atomic mass is 10.1. The number of nitriles is 1. The summed E-state index contributed by atoms with van der Waals surface area (Å²) in [5.41, 5.74) is 2.73. The van der Waals surface area contributed by atoms with Crippen LogP contribution in [0.3, 0.4) is 0 Å². The molecule has 0 fully saturated rings. The second-order valence-electron chi connectivity index (χ2n) is 6.81. The van der Waals surface area contributed by atoms with Crippen molar-refractivity contribution >= 4 is 21.6 Å². The van der Waals surface area contributed by atoms with Gasteiger partial charge in [0.2, 0.25) is 0 Å². The van der Waals surface area contributed by atoms with E-state index < -0.39 is 0 Å². The molecule has 2 aromatic carbocycles. The standard InChI is InChI=1S/C23H18FN3O2S/c1-29-10-9-20-26-22-21(19(14-30-22)17-5-7-18(24)8-6-17)23(28)27(20)13-16-4-2-3-15(11-16)12-25/h2-8,11,14H,9-10,13H2,1H3. The minimum Gasteiger partial charge on any atom is -0.384 e. The van der Waals surface area contributed by atoms with Gasteiger partial charge in [-0.1, -0.05) is 24.3 Å². The summed E-state index contributed by atoms with van der Waals surface area (Å²) in [6.45, 7) is 0.738. The highest BCUT2D eigenvalue weighted by Crippen LogP contribution is 2.31. The molecule has 0 spiro atoms. The molecule has 30 heavy (non-hydrogen) atoms. The molecule has 7 heteroatoms. The number of rotatable bonds is 6. The first-order chi connectivity index (χ1) is 14.6. The lowest BCUT2D eigenvalue weighted by Gasteiger charge is -2.13. The molecular formula is C23H18FN3O2S. The minimum absolute atomic E-state index is 0.158. The van der Waals surface area contributed by atoms with Gasteiger partial charge in [0.05, 0.1) is 30.2 Å². The summed E-state index contributed by atoms with van der Waals surface area (Å²) < 4.78 is 20.2. The molecule has 0 aliphatic heterocycles. The van der Waals surface area contributed by atoms with Crippen LogP contribution in [0.5, 0.6) is 0 Å². The van der Waals surface area contributed by atoms with Gasteiger partial charge in [-0.3, -0.25) is 9.36 Å². The van der Waals surface area contributed by atoms with Gasteiger partial charge in [-0.25, -0.2) is 9.37 Å². The Hall–Kier alpha value is -3.34. The van der Waals surface area contributed by atoms with Crippen molar-refractivity contribution in [1.82, 2.24) is 9.55 Å². The molecule has 0 radical (unpaired) electrons. The largest absolute Gasteiger partial charge is 0.384 e. The number of halogens is 1. The van der Waals surface area contributed by atoms with Crippen LogP contribution < -0.4 is 5.56 Å². The van der Waals surface area contributed by atoms with Crippen molar-refractivity contribution in [2.45, 2.75) is 13.0 Å². The Morgan fingerprint density at radius 2 is 2.03 bits per heavy atom. The van der Waals surface area contributed by atoms with Gasteiger partial charge in [0.1, 0.15) is 16.5 Å². The summed E-state index contributed by atoms with van der Waals surface area (Å²) in [6.07, 6.45) is 0.489. The lowest BCUT2D eigenvalue weighted by molar-refractivity contribution is 0.199. The zero-order chi connectivity index (χ0) is 21.1. The molecule has 4 rings (SSSR count). The second kappa shape index (κ2) is 8.57. The van der Waals surface area contributed by atoms with Crippen LogP contribution in [0.25, 0.3) is 21.3 Å². The molecule has 2 aromatic heterocycles. The van der Waals surface area contributed by atoms with Gasteiger partial charge in [0.25, 0.3) is 5.56 Å². The number of hydrogen-bond acceptors (Lipinski definition) is 5. The van der Waals surface area contributed by atoms with Crippen LogP contribution in [-0.4, -0.2) is 23.3 Å². The average molecular weight is 419 g/mol. The van der Waals surface area contributed by atoms with Crippen molar-refractivity contribution in [2.75, 3.05) is 13.7 Å². The number of ether oxygens (including phenoxy) is 1. The first-order valence-electron chi connectivity index (χ1n) is 9.35. The van der Waals surface area contributed by atoms with Crippen molar-refractivity contribution in [1.29, 1.82) is 5.26 Å². The smallest absolute Gasteiger partial charge is 0.263 e. The molecule has 0 atom stereocenters. The quantitative estimate of drug-likeness (QED) is 0.465. The number of aromatic nitrogens is 2. The molecule has 0 aliphatic rings. The topological polar surface area (TPSA) is 67.9 Å². The summed E-state index contributed by atoms with van der Waals surface area (Å²) in [5, 5.41) is 11.6. The predicted molar refractivity (Wildman–Crippen MR) is 115 cm³/mol. The second-order valence-corrected chi connectivity index (χ2v) is 7.67. The van der Waals surface area contributed by atoms with Crippen LogP contribution in [0.15, 0.2) is 58.7 Å². The van der Waals surface area contributed by atoms with Crippen molar-refractivity contribution in [3.05, 3.63) is 87.0 Å². The lowest BCUT2D eigenvalue weighted by Crippen LogP contribution is -2.26. The minimum atomic E-state index is -0.326. The molecule has 0 N–H and O–H groups in total. The Kier molecular flexibility index (Phi) is 5.70. The van der Waals surface area contributed by atoms with Crippen molar-refractivity contribution in [2.24, 2.45) is 0 Å². The van der Waals surface area contributed by atoms with Crippen LogP contribution in [0, 0.1) is 17.1 Å². The van der Waals surface area contributed by atoms with Crippen molar-refractivity contribution in [3.8, 4) is 17.2 Å². The van der Waals surface area contributed by atoms with Gasteiger partial charge in [-0.2, -0.15) is 5.26 Å². The van der Waals surface area contributed by atoms with E-state index in [0.29, 0.717) is 41.2 Å². The van der Waals surface area contributed by atoms with Gasteiger partial charge < -0.3 is 4.74 Å². The van der Waals surface area contributed by atoms with Crippen molar-refractivity contribution in [3.63, 3.8) is 0 Å². The van der Waals surface area contributed by atoms with E-state index in [4.69, 9.17) is 9.72 Å². The highest BCUT2D eigenvalue weighted by molar-refractivity contribution is 7.17. The zero-order valence-electron chi connectivity index (χ0n) is 16.3. The molecule has 0 unspecified atom stereocenters. The Bertz CT molecular complexity index is 1300. The fourth-order valence-electron chi connectivity index (χ4n) is 3.38. The number of benzene rings is 2. The molecule has 0 amide bonds. The Morgan fingerprint density at radius 3 is 2.77 bits per heavy atom. The number of hydrogen-bond donors (Lipinski definition) is 0. The normalized spacial score (nSPS) is 11.0. The first-order valence-corrected chi connectivity index (χ1v) is 10.2. The SMILES string of the molecule is COCCc1nc2scc(-c3ccc(F)cc3)c2c(=O)n1Cc1cccc(C#N)c1. The van der Waals surface area contributed by atoms with Crippen LogP contribution in [0.4, 0.5) is 4.39 Å². The van der Waals surface area contributed by atoms with Gasteiger partial charge in [0.15, 0.2) is 0 Å². The Morgan fingerprint density at radius 1 is 1.23 bits per heavy atom. The third-order valence-corrected chi connectivity index (χ3v) is 5.73. The molecule has 2 heterocycles. The van der Waals surface area contributed by atoms with E-state index in [1.807, 2.05) is 11.4 Å². The van der Waals surface area contributed by atoms with Crippen LogP contribution in [0.2, 0.25) is 0 Å². The number of nitrogens with zero attached hydrogens (tertiary/aromatic N) is 3. The highest BCUT2D eigenvalue weighted by atomic mass is 32.1. The van der Waals surface area contributed by atoms with E-state index in [1.54, 1.807) is 42.0 Å². The van der Waals surface area contributed by atoms with Gasteiger partial charge in [0, 0.05) is 24.5 Å². The maximum Gasteiger partial charge on any atom is 0.263 e. The number of fused-ring (bicyclic) bond motifs is 1. The summed E-state index contributed by atoms with van der Waals surface area (Å²) in [6, 6.07) is 15.4. The molecule has 0 saturated heterocycles. The van der Waals surface area contributed by atoms with E-state index in [1.165, 1.54) is 23.5 Å². The summed E-state index contributed by atoms with van der Waals surface area (Å²) in [4.78, 5) is 18.9. The van der Waals surface area contributed by atoms with Crippen LogP contribution in [0.1, 0.15) is 17.0 Å². The van der Waals surface area contributed by atoms with E-state index in [9.17, 15) is 14.4 Å². The van der Waals surface area contributed by atoms with E-state index >= 15 is 0 Å². The maximum absolute atomic E-state index is 13.5. The summed E-state index contributed by atoms with van der Waals surface area (Å²) in [5.74, 6) is 0.303. The van der Waals surface area contributed by atoms with Gasteiger partial charge in [-0.05, 0) is 35.4 Å². The fraction of sp³-hybridized carbons (Fsp3) is 0.174. The van der Waals surface area contributed by atoms with Crippen molar-refractivity contribution < 1.29 is 9.13 Å². The van der Waals surface area contributed by atoms with Gasteiger partial charge >= 0.3 is 0 Å². The number of thiophene rings is 1. The predicted octanol–water partition coefficient (Wildman–Crippen LogP) is 4.37. The molecule has 150 valence electrons. The highest BCUT2D eigenvalue weighted by Gasteiger charge is 2.17. The van der Waals surface area contributed by atoms with Gasteiger partial charge in [-0.15, -0.1) is 11.3 Å². The number of methoxy groups -OCH3 is 1. The Balaban J connectivity index is 1.88. The molecular weight excluding hydrogens is 401 g/mol. The molecule has 0 saturated carbocycles. The summed E-state index contributed by atoms with van der Waals surface area (Å²) in [7, 11) is 1.61. The summed E-state index contributed by atoms with van der Waals surface area (Å²) >= 11 is 1.39. The average Bonchev–Trinajstić information content (AvgIpc) is 3.19. The molecule has 0 aliphatic carbocycles. The van der Waals surface area contributed by atoms with E-state index in [0.717, 1.165) is 16.7 Å². The first kappa shape index (κ1) is 20.0. The monoisotopic (exact) mass is 419 g/mol. The zero-order valence-corrected chi connectivity index (χ0v) is 17.1. The van der Waals surface area contributed by atoms with E-state index in [2.05, 4.69) is 6.07 Å². The fourth-order valence-corrected chi connectivity index (χ4v) is 4.33. The third kappa shape index (κ3) is 3.88. The molecule has 4 aromatic rings. The van der Waals surface area contributed by atoms with E-state index in [-0.39, 0.29) is 11.4 Å². The third-order valence-electron chi connectivity index (χ3n) is 4.85. The maximum atomic E-state index is 13.5. The molecule has 5 nitrogen and oxygen atoms in total. The molecule has 0 bridgehead atoms. The Labute approximate surface area is 176 Å². The van der Waals surface area contributed by atoms with Crippen LogP contribution in [-0.2, 0) is 17.7 Å².